The Morgan fingerprint density at radius 2 is 1.29 bits per heavy atom. The first-order chi connectivity index (χ1) is 12.6. The van der Waals surface area contributed by atoms with Gasteiger partial charge in [-0.25, -0.2) is 0 Å². The van der Waals surface area contributed by atoms with E-state index in [-0.39, 0.29) is 11.8 Å². The number of aliphatic hydroxyl groups is 2. The zero-order chi connectivity index (χ0) is 22.4. The fourth-order valence-corrected chi connectivity index (χ4v) is 5.01. The molecule has 0 radical (unpaired) electrons. The molecule has 28 heavy (non-hydrogen) atoms. The molecular weight excluding hydrogens is 360 g/mol. The van der Waals surface area contributed by atoms with Crippen LogP contribution < -0.4 is 0 Å². The average molecular weight is 403 g/mol. The molecule has 0 amide bonds. The minimum atomic E-state index is -1.00. The lowest BCUT2D eigenvalue weighted by Crippen LogP contribution is -2.46. The Kier molecular flexibility index (Phi) is 10.2. The zero-order valence-corrected chi connectivity index (χ0v) is 18.9. The summed E-state index contributed by atoms with van der Waals surface area (Å²) in [5, 5.41) is 40.5. The highest BCUT2D eigenvalue weighted by Crippen LogP contribution is 2.42. The van der Waals surface area contributed by atoms with Crippen molar-refractivity contribution in [2.75, 3.05) is 0 Å². The van der Waals surface area contributed by atoms with Gasteiger partial charge in [-0.15, -0.1) is 0 Å². The Bertz CT molecular complexity index is 513. The summed E-state index contributed by atoms with van der Waals surface area (Å²) in [4.78, 5) is 22.8. The summed E-state index contributed by atoms with van der Waals surface area (Å²) >= 11 is 0. The van der Waals surface area contributed by atoms with Crippen LogP contribution in [0, 0.1) is 34.5 Å². The van der Waals surface area contributed by atoms with Crippen molar-refractivity contribution in [3.63, 3.8) is 0 Å². The number of rotatable bonds is 13. The first-order valence-corrected chi connectivity index (χ1v) is 10.4. The molecule has 0 fully saturated rings. The van der Waals surface area contributed by atoms with Crippen molar-refractivity contribution in [3.05, 3.63) is 0 Å². The maximum atomic E-state index is 11.5. The van der Waals surface area contributed by atoms with Gasteiger partial charge in [0, 0.05) is 0 Å². The first-order valence-electron chi connectivity index (χ1n) is 10.4. The Morgan fingerprint density at radius 1 is 0.786 bits per heavy atom. The predicted octanol–water partition coefficient (Wildman–Crippen LogP) is 4.03. The highest BCUT2D eigenvalue weighted by Gasteiger charge is 2.42. The van der Waals surface area contributed by atoms with Crippen LogP contribution in [-0.2, 0) is 9.59 Å². The molecule has 0 rings (SSSR count). The smallest absolute Gasteiger partial charge is 0.307 e. The van der Waals surface area contributed by atoms with Crippen molar-refractivity contribution in [3.8, 4) is 0 Å². The van der Waals surface area contributed by atoms with Crippen molar-refractivity contribution in [2.24, 2.45) is 34.5 Å². The van der Waals surface area contributed by atoms with E-state index in [0.717, 1.165) is 0 Å². The predicted molar refractivity (Wildman–Crippen MR) is 110 cm³/mol. The third kappa shape index (κ3) is 7.03. The maximum Gasteiger partial charge on any atom is 0.307 e. The molecule has 0 aliphatic rings. The van der Waals surface area contributed by atoms with Gasteiger partial charge in [0.2, 0.25) is 0 Å². The van der Waals surface area contributed by atoms with Gasteiger partial charge in [0.25, 0.3) is 0 Å². The van der Waals surface area contributed by atoms with E-state index in [4.69, 9.17) is 0 Å². The Balaban J connectivity index is 5.34. The van der Waals surface area contributed by atoms with Crippen LogP contribution in [0.3, 0.4) is 0 Å². The van der Waals surface area contributed by atoms with E-state index in [1.165, 1.54) is 0 Å². The van der Waals surface area contributed by atoms with E-state index in [1.807, 2.05) is 48.5 Å². The molecule has 0 heterocycles. The molecule has 0 aromatic carbocycles. The molecule has 6 atom stereocenters. The number of hydrogen-bond donors (Lipinski definition) is 4. The maximum absolute atomic E-state index is 11.5. The summed E-state index contributed by atoms with van der Waals surface area (Å²) in [6.45, 7) is 14.9. The quantitative estimate of drug-likeness (QED) is 0.370. The van der Waals surface area contributed by atoms with Gasteiger partial charge in [0.15, 0.2) is 0 Å². The van der Waals surface area contributed by atoms with Crippen molar-refractivity contribution >= 4 is 11.9 Å². The number of carboxylic acid groups (broad SMARTS) is 2. The van der Waals surface area contributed by atoms with E-state index in [9.17, 15) is 30.0 Å². The molecule has 0 aromatic heterocycles. The Morgan fingerprint density at radius 3 is 1.64 bits per heavy atom. The molecule has 0 aromatic rings. The Hall–Kier alpha value is -1.14. The fraction of sp³-hybridized carbons (Fsp3) is 0.909. The monoisotopic (exact) mass is 402 g/mol. The second kappa shape index (κ2) is 10.6. The van der Waals surface area contributed by atoms with Crippen LogP contribution in [0.4, 0.5) is 0 Å². The number of carboxylic acids is 2. The first kappa shape index (κ1) is 26.9. The van der Waals surface area contributed by atoms with Crippen LogP contribution in [0.25, 0.3) is 0 Å². The molecule has 0 spiro atoms. The van der Waals surface area contributed by atoms with E-state index < -0.39 is 46.8 Å². The number of hydrogen-bond acceptors (Lipinski definition) is 4. The minimum absolute atomic E-state index is 0.267. The molecule has 6 unspecified atom stereocenters. The van der Waals surface area contributed by atoms with Crippen molar-refractivity contribution in [1.29, 1.82) is 0 Å². The van der Waals surface area contributed by atoms with Gasteiger partial charge in [-0.1, -0.05) is 61.8 Å². The second-order valence-electron chi connectivity index (χ2n) is 9.90. The summed E-state index contributed by atoms with van der Waals surface area (Å²) < 4.78 is 0. The molecule has 0 saturated heterocycles. The molecule has 166 valence electrons. The molecule has 0 bridgehead atoms. The van der Waals surface area contributed by atoms with Crippen LogP contribution >= 0.6 is 0 Å². The lowest BCUT2D eigenvalue weighted by atomic mass is 9.66. The molecule has 0 aliphatic heterocycles. The number of aliphatic carboxylic acids is 2. The fourth-order valence-electron chi connectivity index (χ4n) is 5.01. The summed E-state index contributed by atoms with van der Waals surface area (Å²) in [6.07, 6.45) is -0.0161. The second-order valence-corrected chi connectivity index (χ2v) is 9.90. The van der Waals surface area contributed by atoms with Gasteiger partial charge < -0.3 is 20.4 Å². The van der Waals surface area contributed by atoms with E-state index >= 15 is 0 Å². The van der Waals surface area contributed by atoms with Crippen molar-refractivity contribution in [2.45, 2.75) is 93.3 Å². The molecular formula is C22H42O6. The van der Waals surface area contributed by atoms with Crippen molar-refractivity contribution < 1.29 is 30.0 Å². The summed E-state index contributed by atoms with van der Waals surface area (Å²) in [6, 6.07) is 0. The van der Waals surface area contributed by atoms with Gasteiger partial charge >= 0.3 is 11.9 Å². The van der Waals surface area contributed by atoms with Gasteiger partial charge in [-0.3, -0.25) is 9.59 Å². The molecule has 4 N–H and O–H groups in total. The van der Waals surface area contributed by atoms with Crippen LogP contribution in [0.15, 0.2) is 0 Å². The topological polar surface area (TPSA) is 115 Å². The van der Waals surface area contributed by atoms with Gasteiger partial charge in [0.1, 0.15) is 0 Å². The van der Waals surface area contributed by atoms with Crippen LogP contribution in [0.2, 0.25) is 0 Å². The highest BCUT2D eigenvalue weighted by atomic mass is 16.4. The largest absolute Gasteiger partial charge is 0.481 e. The zero-order valence-electron chi connectivity index (χ0n) is 18.9. The molecule has 0 aliphatic carbocycles. The average Bonchev–Trinajstić information content (AvgIpc) is 2.52. The van der Waals surface area contributed by atoms with Crippen molar-refractivity contribution in [1.82, 2.24) is 0 Å². The van der Waals surface area contributed by atoms with Gasteiger partial charge in [0.05, 0.1) is 24.0 Å². The van der Waals surface area contributed by atoms with E-state index in [0.29, 0.717) is 25.7 Å². The normalized spacial score (nSPS) is 19.4. The van der Waals surface area contributed by atoms with Gasteiger partial charge in [-0.05, 0) is 41.9 Å². The third-order valence-corrected chi connectivity index (χ3v) is 6.54. The molecule has 0 saturated carbocycles. The standard InChI is InChI=1S/C22H42O6/c1-9-15(21(5,6)12-14(4)19(25)26)18(24)17(23)13(3)11-22(7,8)16(10-2)20(27)28/h13-18,23-24H,9-12H2,1-8H3,(H,25,26)(H,27,28). The van der Waals surface area contributed by atoms with Gasteiger partial charge in [-0.2, -0.15) is 0 Å². The molecule has 6 nitrogen and oxygen atoms in total. The van der Waals surface area contributed by atoms with E-state index in [2.05, 4.69) is 0 Å². The summed E-state index contributed by atoms with van der Waals surface area (Å²) in [7, 11) is 0. The number of carbonyl (C=O) groups is 2. The van der Waals surface area contributed by atoms with Crippen LogP contribution in [0.1, 0.15) is 81.1 Å². The SMILES string of the molecule is CCC(C(=O)O)C(C)(C)CC(C)C(O)C(O)C(CC)C(C)(C)CC(C)C(=O)O. The third-order valence-electron chi connectivity index (χ3n) is 6.54. The molecule has 6 heteroatoms. The lowest BCUT2D eigenvalue weighted by Gasteiger charge is -2.42. The lowest BCUT2D eigenvalue weighted by molar-refractivity contribution is -0.148. The minimum Gasteiger partial charge on any atom is -0.481 e. The number of aliphatic hydroxyl groups excluding tert-OH is 2. The van der Waals surface area contributed by atoms with Crippen LogP contribution in [-0.4, -0.2) is 44.6 Å². The van der Waals surface area contributed by atoms with Crippen LogP contribution in [0.5, 0.6) is 0 Å². The highest BCUT2D eigenvalue weighted by molar-refractivity contribution is 5.70. The summed E-state index contributed by atoms with van der Waals surface area (Å²) in [5.41, 5.74) is -0.981. The van der Waals surface area contributed by atoms with E-state index in [1.54, 1.807) is 6.92 Å². The Labute approximate surface area is 170 Å². The summed E-state index contributed by atoms with van der Waals surface area (Å²) in [5.74, 6) is -3.33.